The highest BCUT2D eigenvalue weighted by atomic mass is 32.1. The molecule has 138 valence electrons. The molecule has 3 aromatic rings. The van der Waals surface area contributed by atoms with Gasteiger partial charge in [0.2, 0.25) is 0 Å². The maximum atomic E-state index is 12.9. The molecule has 0 saturated heterocycles. The van der Waals surface area contributed by atoms with Crippen molar-refractivity contribution in [1.82, 2.24) is 0 Å². The lowest BCUT2D eigenvalue weighted by Crippen LogP contribution is -2.15. The fraction of sp³-hybridized carbons (Fsp3) is 0.190. The number of nitrogens with one attached hydrogen (secondary N) is 1. The van der Waals surface area contributed by atoms with Crippen LogP contribution >= 0.6 is 11.3 Å². The second-order valence-corrected chi connectivity index (χ2v) is 7.04. The molecule has 0 atom stereocenters. The van der Waals surface area contributed by atoms with Gasteiger partial charge in [0.25, 0.3) is 5.91 Å². The smallest absolute Gasteiger partial charge is 0.341 e. The number of ether oxygens (including phenoxy) is 1. The zero-order chi connectivity index (χ0) is 19.6. The van der Waals surface area contributed by atoms with E-state index in [0.29, 0.717) is 21.0 Å². The van der Waals surface area contributed by atoms with Crippen LogP contribution < -0.4 is 5.32 Å². The summed E-state index contributed by atoms with van der Waals surface area (Å²) in [6.45, 7) is 5.04. The van der Waals surface area contributed by atoms with Gasteiger partial charge in [0, 0.05) is 5.56 Å². The number of thiophene rings is 1. The van der Waals surface area contributed by atoms with Crippen LogP contribution in [0, 0.1) is 6.92 Å². The number of carbonyl (C=O) groups is 3. The van der Waals surface area contributed by atoms with E-state index >= 15 is 0 Å². The first-order valence-corrected chi connectivity index (χ1v) is 9.36. The van der Waals surface area contributed by atoms with Crippen LogP contribution in [0.4, 0.5) is 5.00 Å². The second-order valence-electron chi connectivity index (χ2n) is 6.02. The molecule has 0 aliphatic carbocycles. The SMILES string of the molecule is CCOC(=O)c1c(NC(=O)c2cccc3ccccc23)sc(C(C)=O)c1C. The third kappa shape index (κ3) is 3.61. The van der Waals surface area contributed by atoms with Crippen LogP contribution in [0.1, 0.15) is 49.8 Å². The summed E-state index contributed by atoms with van der Waals surface area (Å²) < 4.78 is 5.11. The van der Waals surface area contributed by atoms with Gasteiger partial charge in [-0.1, -0.05) is 36.4 Å². The van der Waals surface area contributed by atoms with E-state index in [9.17, 15) is 14.4 Å². The summed E-state index contributed by atoms with van der Waals surface area (Å²) in [7, 11) is 0. The van der Waals surface area contributed by atoms with Crippen LogP contribution in [0.3, 0.4) is 0 Å². The van der Waals surface area contributed by atoms with E-state index in [1.54, 1.807) is 19.9 Å². The average molecular weight is 381 g/mol. The van der Waals surface area contributed by atoms with Crippen molar-refractivity contribution in [1.29, 1.82) is 0 Å². The molecule has 3 rings (SSSR count). The van der Waals surface area contributed by atoms with Crippen LogP contribution in [0.25, 0.3) is 10.8 Å². The molecule has 2 aromatic carbocycles. The number of fused-ring (bicyclic) bond motifs is 1. The quantitative estimate of drug-likeness (QED) is 0.507. The van der Waals surface area contributed by atoms with Crippen LogP contribution in [0.15, 0.2) is 42.5 Å². The summed E-state index contributed by atoms with van der Waals surface area (Å²) in [6, 6.07) is 13.0. The van der Waals surface area contributed by atoms with Gasteiger partial charge in [-0.25, -0.2) is 4.79 Å². The third-order valence-corrected chi connectivity index (χ3v) is 5.52. The van der Waals surface area contributed by atoms with Crippen molar-refractivity contribution in [3.63, 3.8) is 0 Å². The van der Waals surface area contributed by atoms with Crippen molar-refractivity contribution < 1.29 is 19.1 Å². The molecule has 0 aliphatic rings. The van der Waals surface area contributed by atoms with Crippen molar-refractivity contribution in [2.24, 2.45) is 0 Å². The molecule has 1 amide bonds. The summed E-state index contributed by atoms with van der Waals surface area (Å²) in [5.74, 6) is -1.05. The van der Waals surface area contributed by atoms with E-state index < -0.39 is 5.97 Å². The lowest BCUT2D eigenvalue weighted by molar-refractivity contribution is 0.0527. The Bertz CT molecular complexity index is 1050. The minimum atomic E-state index is -0.549. The fourth-order valence-electron chi connectivity index (χ4n) is 2.98. The molecule has 1 N–H and O–H groups in total. The number of anilines is 1. The molecule has 0 fully saturated rings. The monoisotopic (exact) mass is 381 g/mol. The molecule has 0 bridgehead atoms. The van der Waals surface area contributed by atoms with E-state index in [-0.39, 0.29) is 23.9 Å². The third-order valence-electron chi connectivity index (χ3n) is 4.21. The summed E-state index contributed by atoms with van der Waals surface area (Å²) in [5.41, 5.74) is 1.26. The largest absolute Gasteiger partial charge is 0.462 e. The van der Waals surface area contributed by atoms with Gasteiger partial charge >= 0.3 is 5.97 Å². The van der Waals surface area contributed by atoms with Gasteiger partial charge in [-0.15, -0.1) is 11.3 Å². The zero-order valence-electron chi connectivity index (χ0n) is 15.3. The number of ketones is 1. The molecule has 0 saturated carbocycles. The van der Waals surface area contributed by atoms with Crippen LogP contribution in [-0.4, -0.2) is 24.3 Å². The topological polar surface area (TPSA) is 72.5 Å². The van der Waals surface area contributed by atoms with Crippen molar-refractivity contribution >= 4 is 44.8 Å². The number of carbonyl (C=O) groups excluding carboxylic acids is 3. The lowest BCUT2D eigenvalue weighted by Gasteiger charge is -2.09. The van der Waals surface area contributed by atoms with Crippen LogP contribution in [-0.2, 0) is 4.74 Å². The predicted octanol–water partition coefficient (Wildman–Crippen LogP) is 4.84. The molecule has 0 spiro atoms. The molecule has 0 aliphatic heterocycles. The number of amides is 1. The van der Waals surface area contributed by atoms with E-state index in [1.807, 2.05) is 36.4 Å². The first kappa shape index (κ1) is 18.8. The van der Waals surface area contributed by atoms with Gasteiger partial charge < -0.3 is 10.1 Å². The van der Waals surface area contributed by atoms with Crippen LogP contribution in [0.2, 0.25) is 0 Å². The molecular formula is C21H19NO4S. The van der Waals surface area contributed by atoms with Gasteiger partial charge in [-0.2, -0.15) is 0 Å². The number of hydrogen-bond donors (Lipinski definition) is 1. The Kier molecular flexibility index (Phi) is 5.37. The molecule has 5 nitrogen and oxygen atoms in total. The number of rotatable bonds is 5. The number of esters is 1. The Morgan fingerprint density at radius 2 is 1.78 bits per heavy atom. The molecule has 27 heavy (non-hydrogen) atoms. The maximum Gasteiger partial charge on any atom is 0.341 e. The molecule has 6 heteroatoms. The number of hydrogen-bond acceptors (Lipinski definition) is 5. The van der Waals surface area contributed by atoms with Crippen molar-refractivity contribution in [2.75, 3.05) is 11.9 Å². The Morgan fingerprint density at radius 3 is 2.48 bits per heavy atom. The lowest BCUT2D eigenvalue weighted by atomic mass is 10.0. The first-order valence-electron chi connectivity index (χ1n) is 8.54. The Labute approximate surface area is 161 Å². The van der Waals surface area contributed by atoms with Crippen molar-refractivity contribution in [3.05, 3.63) is 64.0 Å². The second kappa shape index (κ2) is 7.72. The molecular weight excluding hydrogens is 362 g/mol. The van der Waals surface area contributed by atoms with Gasteiger partial charge in [0.1, 0.15) is 5.00 Å². The van der Waals surface area contributed by atoms with E-state index in [4.69, 9.17) is 4.74 Å². The minimum absolute atomic E-state index is 0.159. The predicted molar refractivity (Wildman–Crippen MR) is 107 cm³/mol. The van der Waals surface area contributed by atoms with Gasteiger partial charge in [0.15, 0.2) is 5.78 Å². The summed E-state index contributed by atoms with van der Waals surface area (Å²) >= 11 is 1.09. The van der Waals surface area contributed by atoms with E-state index in [2.05, 4.69) is 5.32 Å². The summed E-state index contributed by atoms with van der Waals surface area (Å²) in [5, 5.41) is 4.89. The van der Waals surface area contributed by atoms with Crippen molar-refractivity contribution in [2.45, 2.75) is 20.8 Å². The van der Waals surface area contributed by atoms with Crippen LogP contribution in [0.5, 0.6) is 0 Å². The highest BCUT2D eigenvalue weighted by Gasteiger charge is 2.25. The molecule has 1 aromatic heterocycles. The normalized spacial score (nSPS) is 10.6. The Morgan fingerprint density at radius 1 is 1.07 bits per heavy atom. The number of Topliss-reactive ketones (excluding diaryl/α,β-unsaturated/α-hetero) is 1. The first-order chi connectivity index (χ1) is 12.9. The molecule has 1 heterocycles. The molecule has 0 unspecified atom stereocenters. The highest BCUT2D eigenvalue weighted by Crippen LogP contribution is 2.34. The number of benzene rings is 2. The maximum absolute atomic E-state index is 12.9. The Balaban J connectivity index is 2.04. The van der Waals surface area contributed by atoms with E-state index in [1.165, 1.54) is 6.92 Å². The summed E-state index contributed by atoms with van der Waals surface area (Å²) in [4.78, 5) is 37.6. The zero-order valence-corrected chi connectivity index (χ0v) is 16.1. The Hall–Kier alpha value is -2.99. The molecule has 0 radical (unpaired) electrons. The van der Waals surface area contributed by atoms with Gasteiger partial charge in [-0.3, -0.25) is 9.59 Å². The fourth-order valence-corrected chi connectivity index (χ4v) is 4.07. The van der Waals surface area contributed by atoms with Crippen molar-refractivity contribution in [3.8, 4) is 0 Å². The standard InChI is InChI=1S/C21H19NO4S/c1-4-26-21(25)17-12(2)18(13(3)23)27-20(17)22-19(24)16-11-7-9-14-8-5-6-10-15(14)16/h5-11H,4H2,1-3H3,(H,22,24). The summed E-state index contributed by atoms with van der Waals surface area (Å²) in [6.07, 6.45) is 0. The average Bonchev–Trinajstić information content (AvgIpc) is 2.97. The highest BCUT2D eigenvalue weighted by molar-refractivity contribution is 7.18. The van der Waals surface area contributed by atoms with E-state index in [0.717, 1.165) is 22.1 Å². The van der Waals surface area contributed by atoms with Gasteiger partial charge in [-0.05, 0) is 43.2 Å². The minimum Gasteiger partial charge on any atom is -0.462 e. The van der Waals surface area contributed by atoms with Gasteiger partial charge in [0.05, 0.1) is 17.0 Å².